The van der Waals surface area contributed by atoms with E-state index in [0.29, 0.717) is 34.6 Å². The maximum Gasteiger partial charge on any atom is 0.323 e. The lowest BCUT2D eigenvalue weighted by Gasteiger charge is -2.10. The van der Waals surface area contributed by atoms with Crippen molar-refractivity contribution < 1.29 is 14.3 Å². The summed E-state index contributed by atoms with van der Waals surface area (Å²) >= 11 is 0. The van der Waals surface area contributed by atoms with Crippen LogP contribution in [-0.4, -0.2) is 32.7 Å². The van der Waals surface area contributed by atoms with Gasteiger partial charge in [-0.15, -0.1) is 0 Å². The van der Waals surface area contributed by atoms with E-state index in [9.17, 15) is 4.79 Å². The van der Waals surface area contributed by atoms with Gasteiger partial charge >= 0.3 is 6.03 Å². The van der Waals surface area contributed by atoms with Gasteiger partial charge < -0.3 is 20.1 Å². The van der Waals surface area contributed by atoms with Crippen molar-refractivity contribution >= 4 is 17.4 Å². The van der Waals surface area contributed by atoms with E-state index >= 15 is 0 Å². The van der Waals surface area contributed by atoms with E-state index in [1.165, 1.54) is 6.33 Å². The van der Waals surface area contributed by atoms with Crippen molar-refractivity contribution in [2.75, 3.05) is 17.7 Å². The largest absolute Gasteiger partial charge is 0.497 e. The van der Waals surface area contributed by atoms with Gasteiger partial charge in [0, 0.05) is 29.2 Å². The van der Waals surface area contributed by atoms with Crippen molar-refractivity contribution in [1.29, 1.82) is 0 Å². The molecule has 2 heterocycles. The van der Waals surface area contributed by atoms with Crippen molar-refractivity contribution in [1.82, 2.24) is 19.5 Å². The summed E-state index contributed by atoms with van der Waals surface area (Å²) in [6.07, 6.45) is 3.16. The van der Waals surface area contributed by atoms with Crippen LogP contribution in [0.25, 0.3) is 5.82 Å². The fraction of sp³-hybridized carbons (Fsp3) is 0.130. The Balaban J connectivity index is 1.39. The van der Waals surface area contributed by atoms with Crippen LogP contribution in [0.1, 0.15) is 11.4 Å². The van der Waals surface area contributed by atoms with Gasteiger partial charge in [-0.25, -0.2) is 19.7 Å². The van der Waals surface area contributed by atoms with Crippen LogP contribution in [0, 0.1) is 13.8 Å². The molecule has 0 aliphatic rings. The predicted molar refractivity (Wildman–Crippen MR) is 121 cm³/mol. The molecule has 2 amide bonds. The minimum atomic E-state index is -0.363. The van der Waals surface area contributed by atoms with Crippen LogP contribution >= 0.6 is 0 Å². The molecule has 162 valence electrons. The number of imidazole rings is 1. The normalized spacial score (nSPS) is 10.5. The van der Waals surface area contributed by atoms with Crippen LogP contribution < -0.4 is 20.1 Å². The van der Waals surface area contributed by atoms with Gasteiger partial charge in [0.15, 0.2) is 0 Å². The van der Waals surface area contributed by atoms with Crippen LogP contribution in [-0.2, 0) is 0 Å². The van der Waals surface area contributed by atoms with Gasteiger partial charge in [-0.2, -0.15) is 0 Å². The number of hydrogen-bond donors (Lipinski definition) is 2. The maximum absolute atomic E-state index is 12.2. The number of ether oxygens (including phenoxy) is 2. The summed E-state index contributed by atoms with van der Waals surface area (Å²) in [5, 5.41) is 5.54. The monoisotopic (exact) mass is 430 g/mol. The first-order valence-electron chi connectivity index (χ1n) is 9.85. The van der Waals surface area contributed by atoms with E-state index in [1.807, 2.05) is 18.4 Å². The molecule has 0 spiro atoms. The number of amides is 2. The zero-order chi connectivity index (χ0) is 22.5. The Bertz CT molecular complexity index is 1240. The van der Waals surface area contributed by atoms with E-state index in [2.05, 4.69) is 25.6 Å². The van der Waals surface area contributed by atoms with Gasteiger partial charge in [-0.05, 0) is 50.2 Å². The summed E-state index contributed by atoms with van der Waals surface area (Å²) in [6, 6.07) is 15.5. The Morgan fingerprint density at radius 1 is 0.906 bits per heavy atom. The van der Waals surface area contributed by atoms with Gasteiger partial charge in [-0.1, -0.05) is 6.07 Å². The molecule has 4 aromatic rings. The van der Waals surface area contributed by atoms with Crippen molar-refractivity contribution in [2.24, 2.45) is 0 Å². The second-order valence-electron chi connectivity index (χ2n) is 6.94. The number of nitrogens with zero attached hydrogens (tertiary/aromatic N) is 4. The van der Waals surface area contributed by atoms with Gasteiger partial charge in [0.05, 0.1) is 12.8 Å². The third kappa shape index (κ3) is 4.84. The second kappa shape index (κ2) is 9.17. The topological polar surface area (TPSA) is 103 Å². The fourth-order valence-corrected chi connectivity index (χ4v) is 2.97. The van der Waals surface area contributed by atoms with Gasteiger partial charge in [0.1, 0.15) is 30.0 Å². The number of carbonyl (C=O) groups excluding carboxylic acids is 1. The van der Waals surface area contributed by atoms with Crippen molar-refractivity contribution in [3.63, 3.8) is 0 Å². The van der Waals surface area contributed by atoms with Crippen molar-refractivity contribution in [2.45, 2.75) is 13.8 Å². The Kier molecular flexibility index (Phi) is 5.98. The number of nitrogens with one attached hydrogen (secondary N) is 2. The zero-order valence-electron chi connectivity index (χ0n) is 17.9. The minimum Gasteiger partial charge on any atom is -0.497 e. The number of anilines is 2. The summed E-state index contributed by atoms with van der Waals surface area (Å²) in [5.41, 5.74) is 3.18. The highest BCUT2D eigenvalue weighted by atomic mass is 16.5. The lowest BCUT2D eigenvalue weighted by Crippen LogP contribution is -2.19. The van der Waals surface area contributed by atoms with Crippen molar-refractivity contribution in [3.8, 4) is 23.2 Å². The first kappa shape index (κ1) is 20.9. The molecule has 2 N–H and O–H groups in total. The van der Waals surface area contributed by atoms with E-state index in [4.69, 9.17) is 9.47 Å². The van der Waals surface area contributed by atoms with E-state index in [-0.39, 0.29) is 6.03 Å². The molecule has 9 nitrogen and oxygen atoms in total. The summed E-state index contributed by atoms with van der Waals surface area (Å²) in [7, 11) is 1.57. The predicted octanol–water partition coefficient (Wildman–Crippen LogP) is 4.72. The zero-order valence-corrected chi connectivity index (χ0v) is 17.9. The number of hydrogen-bond acceptors (Lipinski definition) is 6. The third-order valence-electron chi connectivity index (χ3n) is 4.79. The third-order valence-corrected chi connectivity index (χ3v) is 4.79. The molecule has 2 aromatic carbocycles. The molecule has 2 aromatic heterocycles. The van der Waals surface area contributed by atoms with Gasteiger partial charge in [0.2, 0.25) is 5.88 Å². The first-order valence-corrected chi connectivity index (χ1v) is 9.85. The number of aryl methyl sites for hydroxylation is 1. The molecule has 0 aliphatic heterocycles. The number of rotatable bonds is 6. The molecule has 0 radical (unpaired) electrons. The van der Waals surface area contributed by atoms with Crippen LogP contribution in [0.4, 0.5) is 16.2 Å². The lowest BCUT2D eigenvalue weighted by molar-refractivity contribution is 0.262. The van der Waals surface area contributed by atoms with Crippen LogP contribution in [0.2, 0.25) is 0 Å². The van der Waals surface area contributed by atoms with Crippen LogP contribution in [0.5, 0.6) is 17.4 Å². The van der Waals surface area contributed by atoms with Gasteiger partial charge in [-0.3, -0.25) is 4.57 Å². The summed E-state index contributed by atoms with van der Waals surface area (Å²) in [4.78, 5) is 25.0. The Labute approximate surface area is 185 Å². The standard InChI is InChI=1S/C23H22N6O3/c1-15-16(2)29(14-26-15)21-12-22(25-13-24-21)32-19-9-7-17(8-10-19)27-23(30)28-18-5-4-6-20(11-18)31-3/h4-14H,1-3H3,(H2,27,28,30). The Morgan fingerprint density at radius 2 is 1.69 bits per heavy atom. The average Bonchev–Trinajstić information content (AvgIpc) is 3.13. The summed E-state index contributed by atoms with van der Waals surface area (Å²) in [6.45, 7) is 3.91. The average molecular weight is 430 g/mol. The maximum atomic E-state index is 12.2. The second-order valence-corrected chi connectivity index (χ2v) is 6.94. The van der Waals surface area contributed by atoms with Gasteiger partial charge in [0.25, 0.3) is 0 Å². The molecule has 0 saturated heterocycles. The van der Waals surface area contributed by atoms with Crippen molar-refractivity contribution in [3.05, 3.63) is 78.6 Å². The Hall–Kier alpha value is -4.40. The van der Waals surface area contributed by atoms with E-state index in [1.54, 1.807) is 68.0 Å². The molecule has 0 bridgehead atoms. The number of methoxy groups -OCH3 is 1. The number of aromatic nitrogens is 4. The summed E-state index contributed by atoms with van der Waals surface area (Å²) < 4.78 is 12.9. The SMILES string of the molecule is COc1cccc(NC(=O)Nc2ccc(Oc3cc(-n4cnc(C)c4C)ncn3)cc2)c1. The molecule has 4 rings (SSSR count). The number of benzene rings is 2. The minimum absolute atomic E-state index is 0.363. The first-order chi connectivity index (χ1) is 15.5. The molecule has 32 heavy (non-hydrogen) atoms. The highest BCUT2D eigenvalue weighted by Crippen LogP contribution is 2.23. The van der Waals surface area contributed by atoms with Crippen LogP contribution in [0.15, 0.2) is 67.3 Å². The van der Waals surface area contributed by atoms with E-state index in [0.717, 1.165) is 11.4 Å². The van der Waals surface area contributed by atoms with Crippen LogP contribution in [0.3, 0.4) is 0 Å². The Morgan fingerprint density at radius 3 is 2.41 bits per heavy atom. The smallest absolute Gasteiger partial charge is 0.323 e. The molecular weight excluding hydrogens is 408 g/mol. The molecule has 0 saturated carbocycles. The lowest BCUT2D eigenvalue weighted by atomic mass is 10.3. The van der Waals surface area contributed by atoms with E-state index < -0.39 is 0 Å². The fourth-order valence-electron chi connectivity index (χ4n) is 2.97. The quantitative estimate of drug-likeness (QED) is 0.459. The molecule has 0 atom stereocenters. The highest BCUT2D eigenvalue weighted by Gasteiger charge is 2.09. The highest BCUT2D eigenvalue weighted by molar-refractivity contribution is 5.99. The molecule has 0 aliphatic carbocycles. The molecule has 0 fully saturated rings. The summed E-state index contributed by atoms with van der Waals surface area (Å²) in [5.74, 6) is 2.31. The molecular formula is C23H22N6O3. The molecule has 0 unspecified atom stereocenters. The number of urea groups is 1. The number of carbonyl (C=O) groups is 1. The molecule has 9 heteroatoms.